The van der Waals surface area contributed by atoms with Crippen LogP contribution >= 0.6 is 11.3 Å². The van der Waals surface area contributed by atoms with Gasteiger partial charge in [0.05, 0.1) is 5.39 Å². The zero-order valence-electron chi connectivity index (χ0n) is 16.9. The summed E-state index contributed by atoms with van der Waals surface area (Å²) in [6, 6.07) is -0.394. The van der Waals surface area contributed by atoms with Crippen LogP contribution in [0.25, 0.3) is 10.2 Å². The minimum atomic E-state index is -0.448. The van der Waals surface area contributed by atoms with E-state index in [1.165, 1.54) is 36.0 Å². The molecule has 0 atom stereocenters. The van der Waals surface area contributed by atoms with Crippen LogP contribution in [0.4, 0.5) is 4.79 Å². The number of rotatable bonds is 4. The summed E-state index contributed by atoms with van der Waals surface area (Å²) < 4.78 is 5.72. The highest BCUT2D eigenvalue weighted by molar-refractivity contribution is 7.18. The molecule has 30 heavy (non-hydrogen) atoms. The standard InChI is InChI=1S/C22H26N4O3S/c27-17(10-29-19-18-15-2-1-3-16(15)30-20(18)24-11-23-19)25-21(28)26-22-7-12-4-13(8-22)6-14(5-12)9-22/h11-14H,1-10H2,(H2,25,26,27,28). The summed E-state index contributed by atoms with van der Waals surface area (Å²) in [6.45, 7) is -0.231. The number of amides is 3. The molecular weight excluding hydrogens is 400 g/mol. The summed E-state index contributed by atoms with van der Waals surface area (Å²) in [4.78, 5) is 35.8. The van der Waals surface area contributed by atoms with E-state index in [4.69, 9.17) is 4.74 Å². The van der Waals surface area contributed by atoms with Crippen molar-refractivity contribution in [2.75, 3.05) is 6.61 Å². The van der Waals surface area contributed by atoms with Crippen molar-refractivity contribution in [1.82, 2.24) is 20.6 Å². The molecule has 0 spiro atoms. The van der Waals surface area contributed by atoms with Crippen molar-refractivity contribution in [3.8, 4) is 5.88 Å². The van der Waals surface area contributed by atoms with Gasteiger partial charge in [-0.25, -0.2) is 14.8 Å². The quantitative estimate of drug-likeness (QED) is 0.782. The number of hydrogen-bond donors (Lipinski definition) is 2. The number of imide groups is 1. The van der Waals surface area contributed by atoms with Gasteiger partial charge in [-0.1, -0.05) is 0 Å². The molecule has 2 N–H and O–H groups in total. The summed E-state index contributed by atoms with van der Waals surface area (Å²) >= 11 is 1.68. The van der Waals surface area contributed by atoms with Crippen molar-refractivity contribution < 1.29 is 14.3 Å². The second kappa shape index (κ2) is 6.90. The van der Waals surface area contributed by atoms with E-state index in [1.54, 1.807) is 11.3 Å². The molecule has 0 saturated heterocycles. The number of fused-ring (bicyclic) bond motifs is 3. The van der Waals surface area contributed by atoms with Crippen LogP contribution in [0, 0.1) is 17.8 Å². The lowest BCUT2D eigenvalue weighted by atomic mass is 9.53. The summed E-state index contributed by atoms with van der Waals surface area (Å²) in [6.07, 6.45) is 11.8. The Morgan fingerprint density at radius 2 is 1.83 bits per heavy atom. The van der Waals surface area contributed by atoms with Crippen molar-refractivity contribution in [1.29, 1.82) is 0 Å². The van der Waals surface area contributed by atoms with Crippen LogP contribution in [0.1, 0.15) is 55.4 Å². The fourth-order valence-electron chi connectivity index (χ4n) is 6.84. The summed E-state index contributed by atoms with van der Waals surface area (Å²) in [5, 5.41) is 6.56. The summed E-state index contributed by atoms with van der Waals surface area (Å²) in [5.41, 5.74) is 1.14. The first-order chi connectivity index (χ1) is 14.6. The first kappa shape index (κ1) is 18.5. The monoisotopic (exact) mass is 426 g/mol. The number of hydrogen-bond acceptors (Lipinski definition) is 6. The fraction of sp³-hybridized carbons (Fsp3) is 0.636. The Morgan fingerprint density at radius 1 is 1.10 bits per heavy atom. The molecular formula is C22H26N4O3S. The van der Waals surface area contributed by atoms with Gasteiger partial charge < -0.3 is 10.1 Å². The molecule has 0 radical (unpaired) electrons. The zero-order valence-corrected chi connectivity index (χ0v) is 17.7. The Hall–Kier alpha value is -2.22. The number of thiophene rings is 1. The molecule has 4 fully saturated rings. The molecule has 2 heterocycles. The predicted octanol–water partition coefficient (Wildman–Crippen LogP) is 3.35. The molecule has 4 bridgehead atoms. The van der Waals surface area contributed by atoms with Crippen molar-refractivity contribution in [2.45, 2.75) is 63.3 Å². The minimum Gasteiger partial charge on any atom is -0.467 e. The molecule has 2 aromatic rings. The van der Waals surface area contributed by atoms with Crippen molar-refractivity contribution in [3.05, 3.63) is 16.8 Å². The van der Waals surface area contributed by atoms with Gasteiger partial charge in [-0.2, -0.15) is 0 Å². The Labute approximate surface area is 179 Å². The SMILES string of the molecule is O=C(COc1ncnc2sc3c(c12)CCC3)NC(=O)NC12CC3CC(CC(C3)C1)C2. The van der Waals surface area contributed by atoms with Crippen LogP contribution in [-0.2, 0) is 17.6 Å². The molecule has 0 aliphatic heterocycles. The average Bonchev–Trinajstić information content (AvgIpc) is 3.25. The molecule has 5 aliphatic carbocycles. The number of ether oxygens (including phenoxy) is 1. The third kappa shape index (κ3) is 3.16. The van der Waals surface area contributed by atoms with Gasteiger partial charge in [0.25, 0.3) is 5.91 Å². The molecule has 7 nitrogen and oxygen atoms in total. The first-order valence-electron chi connectivity index (χ1n) is 11.1. The lowest BCUT2D eigenvalue weighted by Gasteiger charge is -2.56. The third-order valence-electron chi connectivity index (χ3n) is 7.48. The third-order valence-corrected chi connectivity index (χ3v) is 8.68. The van der Waals surface area contributed by atoms with Crippen LogP contribution in [0.5, 0.6) is 5.88 Å². The summed E-state index contributed by atoms with van der Waals surface area (Å²) in [5.74, 6) is 2.21. The van der Waals surface area contributed by atoms with Crippen LogP contribution in [0.3, 0.4) is 0 Å². The van der Waals surface area contributed by atoms with Gasteiger partial charge in [-0.05, 0) is 81.1 Å². The molecule has 0 unspecified atom stereocenters. The van der Waals surface area contributed by atoms with E-state index in [2.05, 4.69) is 20.6 Å². The van der Waals surface area contributed by atoms with Crippen molar-refractivity contribution in [3.63, 3.8) is 0 Å². The number of nitrogens with one attached hydrogen (secondary N) is 2. The Balaban J connectivity index is 1.08. The molecule has 0 aromatic carbocycles. The molecule has 158 valence electrons. The number of urea groups is 1. The van der Waals surface area contributed by atoms with E-state index in [1.807, 2.05) is 0 Å². The van der Waals surface area contributed by atoms with Gasteiger partial charge in [0.1, 0.15) is 11.2 Å². The lowest BCUT2D eigenvalue weighted by Crippen LogP contribution is -2.62. The van der Waals surface area contributed by atoms with E-state index in [-0.39, 0.29) is 12.1 Å². The fourth-order valence-corrected chi connectivity index (χ4v) is 8.06. The predicted molar refractivity (Wildman–Crippen MR) is 113 cm³/mol. The maximum atomic E-state index is 12.6. The van der Waals surface area contributed by atoms with Crippen LogP contribution in [0.2, 0.25) is 0 Å². The highest BCUT2D eigenvalue weighted by atomic mass is 32.1. The number of aromatic nitrogens is 2. The van der Waals surface area contributed by atoms with Gasteiger partial charge in [-0.3, -0.25) is 10.1 Å². The Morgan fingerprint density at radius 3 is 2.57 bits per heavy atom. The first-order valence-corrected chi connectivity index (χ1v) is 11.9. The van der Waals surface area contributed by atoms with E-state index in [0.29, 0.717) is 5.88 Å². The van der Waals surface area contributed by atoms with Crippen molar-refractivity contribution in [2.24, 2.45) is 17.8 Å². The van der Waals surface area contributed by atoms with Crippen LogP contribution in [0.15, 0.2) is 6.33 Å². The summed E-state index contributed by atoms with van der Waals surface area (Å²) in [7, 11) is 0. The molecule has 2 aromatic heterocycles. The van der Waals surface area contributed by atoms with E-state index in [0.717, 1.165) is 66.5 Å². The molecule has 3 amide bonds. The molecule has 5 aliphatic rings. The number of carbonyl (C=O) groups is 2. The zero-order chi connectivity index (χ0) is 20.3. The Bertz CT molecular complexity index is 998. The van der Waals surface area contributed by atoms with Gasteiger partial charge in [0, 0.05) is 10.4 Å². The lowest BCUT2D eigenvalue weighted by molar-refractivity contribution is -0.122. The largest absolute Gasteiger partial charge is 0.467 e. The molecule has 4 saturated carbocycles. The second-order valence-electron chi connectivity index (χ2n) is 9.71. The molecule has 8 heteroatoms. The average molecular weight is 427 g/mol. The maximum absolute atomic E-state index is 12.6. The van der Waals surface area contributed by atoms with Crippen molar-refractivity contribution >= 4 is 33.5 Å². The maximum Gasteiger partial charge on any atom is 0.321 e. The highest BCUT2D eigenvalue weighted by Gasteiger charge is 2.51. The van der Waals surface area contributed by atoms with Crippen LogP contribution in [-0.4, -0.2) is 34.1 Å². The van der Waals surface area contributed by atoms with Gasteiger partial charge in [0.2, 0.25) is 5.88 Å². The Kier molecular flexibility index (Phi) is 4.27. The number of nitrogens with zero attached hydrogens (tertiary/aromatic N) is 2. The van der Waals surface area contributed by atoms with Gasteiger partial charge >= 0.3 is 6.03 Å². The topological polar surface area (TPSA) is 93.2 Å². The van der Waals surface area contributed by atoms with E-state index < -0.39 is 11.9 Å². The molecule has 7 rings (SSSR count). The second-order valence-corrected chi connectivity index (χ2v) is 10.8. The van der Waals surface area contributed by atoms with E-state index in [9.17, 15) is 9.59 Å². The number of aryl methyl sites for hydroxylation is 2. The van der Waals surface area contributed by atoms with Crippen LogP contribution < -0.4 is 15.4 Å². The highest BCUT2D eigenvalue weighted by Crippen LogP contribution is 2.55. The smallest absolute Gasteiger partial charge is 0.321 e. The van der Waals surface area contributed by atoms with Gasteiger partial charge in [0.15, 0.2) is 6.61 Å². The normalized spacial score (nSPS) is 31.0. The minimum absolute atomic E-state index is 0.115. The van der Waals surface area contributed by atoms with E-state index >= 15 is 0 Å². The van der Waals surface area contributed by atoms with Gasteiger partial charge in [-0.15, -0.1) is 11.3 Å². The number of carbonyl (C=O) groups excluding carboxylic acids is 2.